The largest absolute Gasteiger partial charge is 0.374 e. The first kappa shape index (κ1) is 12.3. The van der Waals surface area contributed by atoms with Crippen LogP contribution in [0.3, 0.4) is 0 Å². The smallest absolute Gasteiger partial charge is 0.0467 e. The standard InChI is InChI=1S/C13H17BrClN/c1-16(9-10-3-2-4-10)12-6-5-11(8-14)13(15)7-12/h5-7,10H,2-4,8-9H2,1H3. The molecular weight excluding hydrogens is 286 g/mol. The van der Waals surface area contributed by atoms with Crippen LogP contribution in [-0.2, 0) is 5.33 Å². The van der Waals surface area contributed by atoms with E-state index in [1.807, 2.05) is 0 Å². The third-order valence-electron chi connectivity index (χ3n) is 3.38. The van der Waals surface area contributed by atoms with Gasteiger partial charge in [-0.15, -0.1) is 0 Å². The summed E-state index contributed by atoms with van der Waals surface area (Å²) in [5, 5.41) is 1.67. The van der Waals surface area contributed by atoms with Gasteiger partial charge in [0.05, 0.1) is 0 Å². The molecule has 0 radical (unpaired) electrons. The Morgan fingerprint density at radius 3 is 2.69 bits per heavy atom. The van der Waals surface area contributed by atoms with Crippen molar-refractivity contribution < 1.29 is 0 Å². The molecule has 1 fully saturated rings. The predicted molar refractivity (Wildman–Crippen MR) is 74.7 cm³/mol. The maximum absolute atomic E-state index is 6.20. The average molecular weight is 303 g/mol. The Bertz CT molecular complexity index is 363. The topological polar surface area (TPSA) is 3.24 Å². The third kappa shape index (κ3) is 2.72. The molecule has 3 heteroatoms. The molecule has 1 aromatic carbocycles. The van der Waals surface area contributed by atoms with Crippen molar-refractivity contribution in [3.63, 3.8) is 0 Å². The van der Waals surface area contributed by atoms with Crippen LogP contribution in [0.25, 0.3) is 0 Å². The number of anilines is 1. The van der Waals surface area contributed by atoms with E-state index in [2.05, 4.69) is 46.1 Å². The molecule has 0 saturated heterocycles. The summed E-state index contributed by atoms with van der Waals surface area (Å²) < 4.78 is 0. The van der Waals surface area contributed by atoms with Crippen molar-refractivity contribution in [1.82, 2.24) is 0 Å². The van der Waals surface area contributed by atoms with Crippen LogP contribution in [0.2, 0.25) is 5.02 Å². The maximum Gasteiger partial charge on any atom is 0.0467 e. The van der Waals surface area contributed by atoms with E-state index < -0.39 is 0 Å². The Morgan fingerprint density at radius 1 is 1.44 bits per heavy atom. The molecule has 1 aliphatic carbocycles. The number of alkyl halides is 1. The number of nitrogens with zero attached hydrogens (tertiary/aromatic N) is 1. The molecule has 88 valence electrons. The Kier molecular flexibility index (Phi) is 4.15. The lowest BCUT2D eigenvalue weighted by molar-refractivity contribution is 0.321. The molecule has 16 heavy (non-hydrogen) atoms. The van der Waals surface area contributed by atoms with Crippen molar-refractivity contribution in [3.8, 4) is 0 Å². The number of benzene rings is 1. The highest BCUT2D eigenvalue weighted by molar-refractivity contribution is 9.08. The summed E-state index contributed by atoms with van der Waals surface area (Å²) >= 11 is 9.63. The van der Waals surface area contributed by atoms with Gasteiger partial charge in [0.2, 0.25) is 0 Å². The molecule has 0 N–H and O–H groups in total. The monoisotopic (exact) mass is 301 g/mol. The van der Waals surface area contributed by atoms with Crippen molar-refractivity contribution in [1.29, 1.82) is 0 Å². The summed E-state index contributed by atoms with van der Waals surface area (Å²) in [6.07, 6.45) is 4.18. The van der Waals surface area contributed by atoms with Crippen LogP contribution in [0.5, 0.6) is 0 Å². The Balaban J connectivity index is 2.04. The highest BCUT2D eigenvalue weighted by atomic mass is 79.9. The van der Waals surface area contributed by atoms with Crippen LogP contribution in [0.4, 0.5) is 5.69 Å². The van der Waals surface area contributed by atoms with Gasteiger partial charge >= 0.3 is 0 Å². The van der Waals surface area contributed by atoms with Gasteiger partial charge in [-0.25, -0.2) is 0 Å². The molecule has 0 atom stereocenters. The van der Waals surface area contributed by atoms with Crippen molar-refractivity contribution in [3.05, 3.63) is 28.8 Å². The summed E-state index contributed by atoms with van der Waals surface area (Å²) in [5.41, 5.74) is 2.38. The van der Waals surface area contributed by atoms with Gasteiger partial charge in [0.1, 0.15) is 0 Å². The van der Waals surface area contributed by atoms with Gasteiger partial charge in [-0.3, -0.25) is 0 Å². The van der Waals surface area contributed by atoms with E-state index in [9.17, 15) is 0 Å². The lowest BCUT2D eigenvalue weighted by Crippen LogP contribution is -2.29. The lowest BCUT2D eigenvalue weighted by Gasteiger charge is -2.31. The molecule has 0 unspecified atom stereocenters. The maximum atomic E-state index is 6.20. The minimum atomic E-state index is 0.818. The Morgan fingerprint density at radius 2 is 2.19 bits per heavy atom. The van der Waals surface area contributed by atoms with E-state index in [-0.39, 0.29) is 0 Å². The van der Waals surface area contributed by atoms with E-state index in [0.29, 0.717) is 0 Å². The molecule has 0 aliphatic heterocycles. The van der Waals surface area contributed by atoms with Crippen LogP contribution >= 0.6 is 27.5 Å². The van der Waals surface area contributed by atoms with Gasteiger partial charge < -0.3 is 4.90 Å². The quantitative estimate of drug-likeness (QED) is 0.742. The highest BCUT2D eigenvalue weighted by Gasteiger charge is 2.19. The molecule has 1 saturated carbocycles. The van der Waals surface area contributed by atoms with Gasteiger partial charge in [0, 0.05) is 29.6 Å². The first-order valence-electron chi connectivity index (χ1n) is 5.76. The molecule has 1 aliphatic rings. The van der Waals surface area contributed by atoms with Crippen LogP contribution < -0.4 is 4.90 Å². The molecular formula is C13H17BrClN. The first-order chi connectivity index (χ1) is 7.70. The van der Waals surface area contributed by atoms with Crippen molar-refractivity contribution in [2.75, 3.05) is 18.5 Å². The molecule has 1 aromatic rings. The second-order valence-corrected chi connectivity index (χ2v) is 5.55. The van der Waals surface area contributed by atoms with Crippen LogP contribution in [0, 0.1) is 5.92 Å². The molecule has 0 heterocycles. The molecule has 2 rings (SSSR count). The summed E-state index contributed by atoms with van der Waals surface area (Å²) in [6.45, 7) is 1.16. The second kappa shape index (κ2) is 5.42. The highest BCUT2D eigenvalue weighted by Crippen LogP contribution is 2.30. The summed E-state index contributed by atoms with van der Waals surface area (Å²) in [6, 6.07) is 6.32. The second-order valence-electron chi connectivity index (χ2n) is 4.59. The summed E-state index contributed by atoms with van der Waals surface area (Å²) in [4.78, 5) is 2.31. The van der Waals surface area contributed by atoms with E-state index in [0.717, 1.165) is 28.4 Å². The fourth-order valence-electron chi connectivity index (χ4n) is 2.05. The van der Waals surface area contributed by atoms with Crippen LogP contribution in [-0.4, -0.2) is 13.6 Å². The fraction of sp³-hybridized carbons (Fsp3) is 0.538. The van der Waals surface area contributed by atoms with Crippen molar-refractivity contribution in [2.45, 2.75) is 24.6 Å². The molecule has 0 bridgehead atoms. The number of halogens is 2. The lowest BCUT2D eigenvalue weighted by atomic mass is 9.85. The van der Waals surface area contributed by atoms with Gasteiger partial charge in [-0.2, -0.15) is 0 Å². The number of hydrogen-bond donors (Lipinski definition) is 0. The minimum Gasteiger partial charge on any atom is -0.374 e. The molecule has 0 spiro atoms. The van der Waals surface area contributed by atoms with E-state index in [4.69, 9.17) is 11.6 Å². The Hall–Kier alpha value is -0.210. The SMILES string of the molecule is CN(CC1CCC1)c1ccc(CBr)c(Cl)c1. The van der Waals surface area contributed by atoms with Gasteiger partial charge in [-0.05, 0) is 36.5 Å². The predicted octanol–water partition coefficient (Wildman–Crippen LogP) is 4.47. The zero-order chi connectivity index (χ0) is 11.5. The molecule has 0 amide bonds. The zero-order valence-electron chi connectivity index (χ0n) is 9.55. The van der Waals surface area contributed by atoms with Crippen molar-refractivity contribution in [2.24, 2.45) is 5.92 Å². The zero-order valence-corrected chi connectivity index (χ0v) is 11.9. The van der Waals surface area contributed by atoms with E-state index >= 15 is 0 Å². The summed E-state index contributed by atoms with van der Waals surface area (Å²) in [5.74, 6) is 0.889. The number of hydrogen-bond acceptors (Lipinski definition) is 1. The first-order valence-corrected chi connectivity index (χ1v) is 7.26. The van der Waals surface area contributed by atoms with Crippen LogP contribution in [0.15, 0.2) is 18.2 Å². The van der Waals surface area contributed by atoms with Crippen LogP contribution in [0.1, 0.15) is 24.8 Å². The molecule has 0 aromatic heterocycles. The Labute approximate surface area is 111 Å². The van der Waals surface area contributed by atoms with Gasteiger partial charge in [0.15, 0.2) is 0 Å². The van der Waals surface area contributed by atoms with E-state index in [1.165, 1.54) is 24.9 Å². The van der Waals surface area contributed by atoms with Crippen molar-refractivity contribution >= 4 is 33.2 Å². The fourth-order valence-corrected chi connectivity index (χ4v) is 2.94. The normalized spacial score (nSPS) is 15.9. The minimum absolute atomic E-state index is 0.818. The van der Waals surface area contributed by atoms with E-state index in [1.54, 1.807) is 0 Å². The molecule has 1 nitrogen and oxygen atoms in total. The van der Waals surface area contributed by atoms with Gasteiger partial charge in [0.25, 0.3) is 0 Å². The summed E-state index contributed by atoms with van der Waals surface area (Å²) in [7, 11) is 2.15. The number of rotatable bonds is 4. The average Bonchev–Trinajstić information content (AvgIpc) is 2.23. The van der Waals surface area contributed by atoms with Gasteiger partial charge in [-0.1, -0.05) is 40.0 Å². The third-order valence-corrected chi connectivity index (χ3v) is 4.33.